The van der Waals surface area contributed by atoms with Crippen molar-refractivity contribution in [1.29, 1.82) is 5.26 Å². The predicted octanol–water partition coefficient (Wildman–Crippen LogP) is 3.73. The van der Waals surface area contributed by atoms with Crippen LogP contribution in [0.2, 0.25) is 0 Å². The van der Waals surface area contributed by atoms with Gasteiger partial charge in [0.15, 0.2) is 11.2 Å². The number of hydrogen-bond donors (Lipinski definition) is 0. The van der Waals surface area contributed by atoms with Gasteiger partial charge < -0.3 is 4.57 Å². The Balaban J connectivity index is 1.72. The molecule has 32 heavy (non-hydrogen) atoms. The topological polar surface area (TPSA) is 85.6 Å². The van der Waals surface area contributed by atoms with Gasteiger partial charge in [-0.15, -0.1) is 0 Å². The van der Waals surface area contributed by atoms with Crippen molar-refractivity contribution in [3.8, 4) is 11.8 Å². The number of imidazole rings is 1. The van der Waals surface area contributed by atoms with Crippen molar-refractivity contribution in [3.63, 3.8) is 0 Å². The molecule has 7 nitrogen and oxygen atoms in total. The summed E-state index contributed by atoms with van der Waals surface area (Å²) >= 11 is 0. The fourth-order valence-electron chi connectivity index (χ4n) is 4.10. The van der Waals surface area contributed by atoms with E-state index in [4.69, 9.17) is 0 Å². The van der Waals surface area contributed by atoms with Crippen molar-refractivity contribution < 1.29 is 0 Å². The minimum atomic E-state index is -0.348. The van der Waals surface area contributed by atoms with Crippen molar-refractivity contribution in [2.45, 2.75) is 45.2 Å². The molecule has 0 radical (unpaired) electrons. The van der Waals surface area contributed by atoms with Gasteiger partial charge in [0.25, 0.3) is 5.56 Å². The van der Waals surface area contributed by atoms with E-state index < -0.39 is 0 Å². The Morgan fingerprint density at radius 3 is 2.53 bits per heavy atom. The van der Waals surface area contributed by atoms with E-state index in [9.17, 15) is 14.9 Å². The largest absolute Gasteiger partial charge is 0.337 e. The lowest BCUT2D eigenvalue weighted by Crippen LogP contribution is -2.39. The van der Waals surface area contributed by atoms with Crippen molar-refractivity contribution in [2.24, 2.45) is 0 Å². The summed E-state index contributed by atoms with van der Waals surface area (Å²) < 4.78 is 4.69. The molecule has 7 heteroatoms. The normalized spacial score (nSPS) is 13.6. The summed E-state index contributed by atoms with van der Waals surface area (Å²) in [5, 5.41) is 9.19. The number of nitrogens with zero attached hydrogens (tertiary/aromatic N) is 5. The first-order valence-electron chi connectivity index (χ1n) is 10.8. The molecule has 0 spiro atoms. The maximum atomic E-state index is 13.4. The highest BCUT2D eigenvalue weighted by atomic mass is 16.2. The standard InChI is InChI=1S/C25H23N5O2/c1-16(2)19-6-8-20(9-7-19)29-23-22(24(31)30(25(29)32)21-10-11-21)28(15-27-23)14-18-5-3-4-17(12-18)13-26/h3-9,12,15-16,21H,10-11,14H2,1-2H3. The second-order valence-electron chi connectivity index (χ2n) is 8.63. The third-order valence-electron chi connectivity index (χ3n) is 5.99. The molecule has 0 unspecified atom stereocenters. The molecule has 2 aromatic carbocycles. The molecule has 1 aliphatic carbocycles. The Hall–Kier alpha value is -3.92. The summed E-state index contributed by atoms with van der Waals surface area (Å²) in [5.41, 5.74) is 3.41. The third-order valence-corrected chi connectivity index (χ3v) is 5.99. The molecule has 2 heterocycles. The quantitative estimate of drug-likeness (QED) is 0.488. The molecular formula is C25H23N5O2. The monoisotopic (exact) mass is 425 g/mol. The first kappa shape index (κ1) is 20.0. The first-order chi connectivity index (χ1) is 15.5. The highest BCUT2D eigenvalue weighted by Crippen LogP contribution is 2.32. The molecule has 0 amide bonds. The van der Waals surface area contributed by atoms with Gasteiger partial charge in [-0.3, -0.25) is 9.36 Å². The van der Waals surface area contributed by atoms with Crippen LogP contribution >= 0.6 is 0 Å². The highest BCUT2D eigenvalue weighted by molar-refractivity contribution is 5.72. The lowest BCUT2D eigenvalue weighted by molar-refractivity contribution is 0.639. The van der Waals surface area contributed by atoms with Gasteiger partial charge in [0.05, 0.1) is 23.6 Å². The SMILES string of the molecule is CC(C)c1ccc(-n2c(=O)n(C3CC3)c(=O)c3c2ncn3Cc2cccc(C#N)c2)cc1. The molecule has 1 saturated carbocycles. The Labute approximate surface area is 184 Å². The van der Waals surface area contributed by atoms with Crippen LogP contribution < -0.4 is 11.2 Å². The van der Waals surface area contributed by atoms with Gasteiger partial charge in [-0.1, -0.05) is 38.1 Å². The van der Waals surface area contributed by atoms with E-state index in [0.29, 0.717) is 34.9 Å². The number of fused-ring (bicyclic) bond motifs is 1. The molecule has 1 aliphatic rings. The van der Waals surface area contributed by atoms with Crippen molar-refractivity contribution >= 4 is 11.2 Å². The lowest BCUT2D eigenvalue weighted by Gasteiger charge is -2.13. The molecule has 5 rings (SSSR count). The van der Waals surface area contributed by atoms with Gasteiger partial charge in [0.1, 0.15) is 0 Å². The van der Waals surface area contributed by atoms with E-state index >= 15 is 0 Å². The number of nitriles is 1. The van der Waals surface area contributed by atoms with Crippen LogP contribution in [0.3, 0.4) is 0 Å². The fourth-order valence-corrected chi connectivity index (χ4v) is 4.10. The van der Waals surface area contributed by atoms with E-state index in [0.717, 1.165) is 18.4 Å². The van der Waals surface area contributed by atoms with Gasteiger partial charge in [-0.2, -0.15) is 5.26 Å². The van der Waals surface area contributed by atoms with Crippen molar-refractivity contribution in [1.82, 2.24) is 18.7 Å². The van der Waals surface area contributed by atoms with Gasteiger partial charge in [0, 0.05) is 12.6 Å². The molecule has 0 bridgehead atoms. The van der Waals surface area contributed by atoms with Crippen molar-refractivity contribution in [2.75, 3.05) is 0 Å². The number of aromatic nitrogens is 4. The number of rotatable bonds is 5. The average Bonchev–Trinajstić information content (AvgIpc) is 3.54. The Kier molecular flexibility index (Phi) is 4.78. The van der Waals surface area contributed by atoms with E-state index in [1.165, 1.54) is 10.1 Å². The van der Waals surface area contributed by atoms with Crippen LogP contribution in [-0.4, -0.2) is 18.7 Å². The maximum absolute atomic E-state index is 13.4. The van der Waals surface area contributed by atoms with E-state index in [2.05, 4.69) is 24.9 Å². The molecule has 2 aromatic heterocycles. The molecular weight excluding hydrogens is 402 g/mol. The Morgan fingerprint density at radius 2 is 1.88 bits per heavy atom. The predicted molar refractivity (Wildman–Crippen MR) is 122 cm³/mol. The Bertz CT molecular complexity index is 1480. The zero-order valence-electron chi connectivity index (χ0n) is 18.0. The maximum Gasteiger partial charge on any atom is 0.337 e. The first-order valence-corrected chi connectivity index (χ1v) is 10.8. The molecule has 0 N–H and O–H groups in total. The number of hydrogen-bond acceptors (Lipinski definition) is 4. The van der Waals surface area contributed by atoms with Crippen LogP contribution in [0, 0.1) is 11.3 Å². The van der Waals surface area contributed by atoms with Crippen LogP contribution in [0.5, 0.6) is 0 Å². The van der Waals surface area contributed by atoms with Gasteiger partial charge in [0.2, 0.25) is 0 Å². The zero-order chi connectivity index (χ0) is 22.4. The smallest absolute Gasteiger partial charge is 0.320 e. The zero-order valence-corrected chi connectivity index (χ0v) is 18.0. The number of benzene rings is 2. The van der Waals surface area contributed by atoms with Crippen molar-refractivity contribution in [3.05, 3.63) is 92.4 Å². The summed E-state index contributed by atoms with van der Waals surface area (Å²) in [6.45, 7) is 4.63. The Morgan fingerprint density at radius 1 is 1.12 bits per heavy atom. The van der Waals surface area contributed by atoms with Crippen LogP contribution in [0.4, 0.5) is 0 Å². The van der Waals surface area contributed by atoms with Gasteiger partial charge >= 0.3 is 5.69 Å². The van der Waals surface area contributed by atoms with E-state index in [-0.39, 0.29) is 17.3 Å². The third kappa shape index (κ3) is 3.34. The molecule has 1 fully saturated rings. The lowest BCUT2D eigenvalue weighted by atomic mass is 10.0. The van der Waals surface area contributed by atoms with Crippen LogP contribution in [0.1, 0.15) is 55.3 Å². The van der Waals surface area contributed by atoms with Gasteiger partial charge in [-0.25, -0.2) is 14.3 Å². The second kappa shape index (κ2) is 7.65. The summed E-state index contributed by atoms with van der Waals surface area (Å²) in [4.78, 5) is 31.3. The van der Waals surface area contributed by atoms with Crippen LogP contribution in [-0.2, 0) is 6.54 Å². The summed E-state index contributed by atoms with van der Waals surface area (Å²) in [7, 11) is 0. The minimum Gasteiger partial charge on any atom is -0.320 e. The summed E-state index contributed by atoms with van der Waals surface area (Å²) in [6.07, 6.45) is 3.25. The van der Waals surface area contributed by atoms with E-state index in [1.807, 2.05) is 36.4 Å². The molecule has 0 saturated heterocycles. The second-order valence-corrected chi connectivity index (χ2v) is 8.63. The molecule has 4 aromatic rings. The summed E-state index contributed by atoms with van der Waals surface area (Å²) in [6, 6.07) is 17.2. The molecule has 0 atom stereocenters. The van der Waals surface area contributed by atoms with Crippen LogP contribution in [0.25, 0.3) is 16.9 Å². The van der Waals surface area contributed by atoms with Gasteiger partial charge in [-0.05, 0) is 54.2 Å². The van der Waals surface area contributed by atoms with E-state index in [1.54, 1.807) is 27.6 Å². The molecule has 0 aliphatic heterocycles. The minimum absolute atomic E-state index is 0.0640. The highest BCUT2D eigenvalue weighted by Gasteiger charge is 2.30. The fraction of sp³-hybridized carbons (Fsp3) is 0.280. The average molecular weight is 425 g/mol. The molecule has 160 valence electrons. The summed E-state index contributed by atoms with van der Waals surface area (Å²) in [5.74, 6) is 0.379. The van der Waals surface area contributed by atoms with Crippen LogP contribution in [0.15, 0.2) is 64.4 Å².